The molecule has 0 spiro atoms. The number of hydrogen-bond donors (Lipinski definition) is 1. The SMILES string of the molecule is CC(C)n1c(C2CCCN(C(=O)c3ccccc3N)C2)nc2ccccc21.Cl.Cl. The molecule has 1 saturated heterocycles. The minimum absolute atomic E-state index is 0. The summed E-state index contributed by atoms with van der Waals surface area (Å²) in [6.07, 6.45) is 2.02. The zero-order valence-electron chi connectivity index (χ0n) is 16.7. The fraction of sp³-hybridized carbons (Fsp3) is 0.364. The lowest BCUT2D eigenvalue weighted by atomic mass is 9.96. The fourth-order valence-corrected chi connectivity index (χ4v) is 4.13. The van der Waals surface area contributed by atoms with Crippen molar-refractivity contribution in [3.63, 3.8) is 0 Å². The van der Waals surface area contributed by atoms with Crippen LogP contribution in [-0.4, -0.2) is 33.4 Å². The number of piperidine rings is 1. The van der Waals surface area contributed by atoms with Crippen LogP contribution >= 0.6 is 24.8 Å². The number of anilines is 1. The first kappa shape index (κ1) is 23.0. The third-order valence-electron chi connectivity index (χ3n) is 5.40. The van der Waals surface area contributed by atoms with Gasteiger partial charge in [-0.1, -0.05) is 24.3 Å². The Hall–Kier alpha value is -2.24. The van der Waals surface area contributed by atoms with Crippen molar-refractivity contribution >= 4 is 47.4 Å². The maximum Gasteiger partial charge on any atom is 0.255 e. The minimum atomic E-state index is 0. The normalized spacial score (nSPS) is 16.4. The smallest absolute Gasteiger partial charge is 0.255 e. The number of rotatable bonds is 3. The molecular formula is C22H28Cl2N4O. The van der Waals surface area contributed by atoms with Crippen molar-refractivity contribution < 1.29 is 4.79 Å². The molecule has 29 heavy (non-hydrogen) atoms. The average Bonchev–Trinajstić information content (AvgIpc) is 3.08. The summed E-state index contributed by atoms with van der Waals surface area (Å²) in [5.74, 6) is 1.34. The molecule has 1 fully saturated rings. The maximum atomic E-state index is 13.0. The van der Waals surface area contributed by atoms with Crippen LogP contribution in [0.5, 0.6) is 0 Å². The number of halogens is 2. The molecule has 0 bridgehead atoms. The predicted octanol–water partition coefficient (Wildman–Crippen LogP) is 5.06. The Morgan fingerprint density at radius 3 is 2.52 bits per heavy atom. The van der Waals surface area contributed by atoms with Crippen LogP contribution in [0, 0.1) is 0 Å². The zero-order chi connectivity index (χ0) is 19.0. The Morgan fingerprint density at radius 2 is 1.79 bits per heavy atom. The summed E-state index contributed by atoms with van der Waals surface area (Å²) >= 11 is 0. The predicted molar refractivity (Wildman–Crippen MR) is 123 cm³/mol. The van der Waals surface area contributed by atoms with Crippen molar-refractivity contribution in [3.05, 3.63) is 59.9 Å². The van der Waals surface area contributed by atoms with Gasteiger partial charge in [-0.2, -0.15) is 0 Å². The first-order valence-electron chi connectivity index (χ1n) is 9.67. The van der Waals surface area contributed by atoms with Gasteiger partial charge in [-0.3, -0.25) is 4.79 Å². The van der Waals surface area contributed by atoms with Crippen LogP contribution in [0.2, 0.25) is 0 Å². The van der Waals surface area contributed by atoms with Gasteiger partial charge in [0.2, 0.25) is 0 Å². The number of nitrogens with zero attached hydrogens (tertiary/aromatic N) is 3. The highest BCUT2D eigenvalue weighted by molar-refractivity contribution is 5.99. The Balaban J connectivity index is 0.00000150. The molecule has 2 heterocycles. The molecule has 7 heteroatoms. The number of para-hydroxylation sites is 3. The second-order valence-electron chi connectivity index (χ2n) is 7.60. The standard InChI is InChI=1S/C22H26N4O.2ClH/c1-15(2)26-20-12-6-5-11-19(20)24-21(26)16-8-7-13-25(14-16)22(27)17-9-3-4-10-18(17)23;;/h3-6,9-12,15-16H,7-8,13-14,23H2,1-2H3;2*1H. The van der Waals surface area contributed by atoms with Crippen LogP contribution in [0.25, 0.3) is 11.0 Å². The van der Waals surface area contributed by atoms with Gasteiger partial charge in [-0.25, -0.2) is 4.98 Å². The van der Waals surface area contributed by atoms with E-state index in [0.29, 0.717) is 23.8 Å². The third-order valence-corrected chi connectivity index (χ3v) is 5.40. The van der Waals surface area contributed by atoms with Gasteiger partial charge in [0.25, 0.3) is 5.91 Å². The Bertz CT molecular complexity index is 986. The molecule has 1 aliphatic heterocycles. The number of fused-ring (bicyclic) bond motifs is 1. The van der Waals surface area contributed by atoms with E-state index in [2.05, 4.69) is 36.6 Å². The van der Waals surface area contributed by atoms with Crippen molar-refractivity contribution in [2.75, 3.05) is 18.8 Å². The first-order valence-corrected chi connectivity index (χ1v) is 9.67. The van der Waals surface area contributed by atoms with E-state index in [1.54, 1.807) is 6.07 Å². The molecule has 1 atom stereocenters. The molecule has 1 unspecified atom stereocenters. The van der Waals surface area contributed by atoms with Crippen LogP contribution in [0.4, 0.5) is 5.69 Å². The van der Waals surface area contributed by atoms with Crippen LogP contribution in [0.15, 0.2) is 48.5 Å². The monoisotopic (exact) mass is 434 g/mol. The van der Waals surface area contributed by atoms with E-state index in [4.69, 9.17) is 10.7 Å². The number of hydrogen-bond acceptors (Lipinski definition) is 3. The summed E-state index contributed by atoms with van der Waals surface area (Å²) in [6.45, 7) is 5.83. The van der Waals surface area contributed by atoms with Crippen LogP contribution in [0.1, 0.15) is 54.8 Å². The molecule has 4 rings (SSSR count). The minimum Gasteiger partial charge on any atom is -0.398 e. The maximum absolute atomic E-state index is 13.0. The number of amides is 1. The lowest BCUT2D eigenvalue weighted by molar-refractivity contribution is 0.0704. The molecule has 2 N–H and O–H groups in total. The highest BCUT2D eigenvalue weighted by Crippen LogP contribution is 2.32. The molecule has 1 aliphatic rings. The van der Waals surface area contributed by atoms with Crippen molar-refractivity contribution in [2.45, 2.75) is 38.6 Å². The molecule has 2 aromatic carbocycles. The van der Waals surface area contributed by atoms with E-state index < -0.39 is 0 Å². The van der Waals surface area contributed by atoms with Gasteiger partial charge in [0, 0.05) is 30.7 Å². The Kier molecular flexibility index (Phi) is 7.55. The topological polar surface area (TPSA) is 64.2 Å². The van der Waals surface area contributed by atoms with Gasteiger partial charge in [0.15, 0.2) is 0 Å². The molecule has 0 saturated carbocycles. The number of carbonyl (C=O) groups is 1. The van der Waals surface area contributed by atoms with Gasteiger partial charge in [-0.15, -0.1) is 24.8 Å². The number of imidazole rings is 1. The number of nitrogens with two attached hydrogens (primary N) is 1. The fourth-order valence-electron chi connectivity index (χ4n) is 4.13. The summed E-state index contributed by atoms with van der Waals surface area (Å²) in [6, 6.07) is 15.9. The summed E-state index contributed by atoms with van der Waals surface area (Å²) in [5.41, 5.74) is 9.35. The van der Waals surface area contributed by atoms with Crippen molar-refractivity contribution in [1.29, 1.82) is 0 Å². The van der Waals surface area contributed by atoms with E-state index >= 15 is 0 Å². The average molecular weight is 435 g/mol. The zero-order valence-corrected chi connectivity index (χ0v) is 18.4. The van der Waals surface area contributed by atoms with Crippen molar-refractivity contribution in [3.8, 4) is 0 Å². The van der Waals surface area contributed by atoms with Gasteiger partial charge in [0.1, 0.15) is 5.82 Å². The molecule has 5 nitrogen and oxygen atoms in total. The second-order valence-corrected chi connectivity index (χ2v) is 7.60. The van der Waals surface area contributed by atoms with Gasteiger partial charge >= 0.3 is 0 Å². The number of likely N-dealkylation sites (tertiary alicyclic amines) is 1. The molecule has 1 aromatic heterocycles. The second kappa shape index (κ2) is 9.51. The molecule has 0 aliphatic carbocycles. The van der Waals surface area contributed by atoms with Gasteiger partial charge in [0.05, 0.1) is 16.6 Å². The quantitative estimate of drug-likeness (QED) is 0.585. The van der Waals surface area contributed by atoms with E-state index in [-0.39, 0.29) is 36.6 Å². The van der Waals surface area contributed by atoms with Crippen LogP contribution < -0.4 is 5.73 Å². The van der Waals surface area contributed by atoms with E-state index in [1.807, 2.05) is 29.2 Å². The number of aromatic nitrogens is 2. The largest absolute Gasteiger partial charge is 0.398 e. The first-order chi connectivity index (χ1) is 13.1. The third kappa shape index (κ3) is 4.36. The van der Waals surface area contributed by atoms with Crippen molar-refractivity contribution in [2.24, 2.45) is 0 Å². The molecule has 1 amide bonds. The summed E-state index contributed by atoms with van der Waals surface area (Å²) in [7, 11) is 0. The van der Waals surface area contributed by atoms with E-state index in [1.165, 1.54) is 5.52 Å². The summed E-state index contributed by atoms with van der Waals surface area (Å²) < 4.78 is 2.32. The summed E-state index contributed by atoms with van der Waals surface area (Å²) in [4.78, 5) is 19.9. The Labute approximate surface area is 184 Å². The lowest BCUT2D eigenvalue weighted by Crippen LogP contribution is -2.40. The van der Waals surface area contributed by atoms with E-state index in [9.17, 15) is 4.79 Å². The molecule has 3 aromatic rings. The van der Waals surface area contributed by atoms with Crippen LogP contribution in [-0.2, 0) is 0 Å². The highest BCUT2D eigenvalue weighted by Gasteiger charge is 2.30. The van der Waals surface area contributed by atoms with Crippen LogP contribution in [0.3, 0.4) is 0 Å². The molecular weight excluding hydrogens is 407 g/mol. The number of nitrogen functional groups attached to an aromatic ring is 1. The van der Waals surface area contributed by atoms with E-state index in [0.717, 1.165) is 30.7 Å². The Morgan fingerprint density at radius 1 is 1.10 bits per heavy atom. The van der Waals surface area contributed by atoms with Crippen molar-refractivity contribution in [1.82, 2.24) is 14.5 Å². The molecule has 0 radical (unpaired) electrons. The highest BCUT2D eigenvalue weighted by atomic mass is 35.5. The number of carbonyl (C=O) groups excluding carboxylic acids is 1. The van der Waals surface area contributed by atoms with Gasteiger partial charge in [-0.05, 0) is 51.0 Å². The summed E-state index contributed by atoms with van der Waals surface area (Å²) in [5, 5.41) is 0. The van der Waals surface area contributed by atoms with Gasteiger partial charge < -0.3 is 15.2 Å². The lowest BCUT2D eigenvalue weighted by Gasteiger charge is -2.33. The molecule has 156 valence electrons. The number of benzene rings is 2.